The molecule has 0 unspecified atom stereocenters. The predicted octanol–water partition coefficient (Wildman–Crippen LogP) is 4.38. The molecule has 0 atom stereocenters. The van der Waals surface area contributed by atoms with Crippen LogP contribution in [-0.4, -0.2) is 15.8 Å². The molecule has 0 radical (unpaired) electrons. The lowest BCUT2D eigenvalue weighted by atomic mass is 9.99. The Morgan fingerprint density at radius 1 is 0.952 bits per heavy atom. The van der Waals surface area contributed by atoms with Crippen molar-refractivity contribution >= 4 is 17.1 Å². The fourth-order valence-corrected chi connectivity index (χ4v) is 3.64. The largest absolute Gasteiger partial charge is 0.294 e. The average molecular weight is 294 g/mol. The Hall–Kier alpha value is -2.33. The molecule has 104 valence electrons. The smallest absolute Gasteiger partial charge is 0.170 e. The van der Waals surface area contributed by atoms with Crippen molar-refractivity contribution in [3.05, 3.63) is 59.5 Å². The third kappa shape index (κ3) is 2.50. The minimum absolute atomic E-state index is 0.0928. The van der Waals surface area contributed by atoms with Crippen LogP contribution in [0.4, 0.5) is 0 Å². The standard InChI is InChI=1S/C17H14N2OS/c1-11-15(13-3-7-18-8-4-13)17(12(2)20)21-16(11)14-5-9-19-10-6-14/h3-10H,1-2H3. The highest BCUT2D eigenvalue weighted by Gasteiger charge is 2.20. The summed E-state index contributed by atoms with van der Waals surface area (Å²) < 4.78 is 0. The van der Waals surface area contributed by atoms with Crippen LogP contribution >= 0.6 is 11.3 Å². The van der Waals surface area contributed by atoms with Gasteiger partial charge in [0.2, 0.25) is 0 Å². The number of carbonyl (C=O) groups is 1. The van der Waals surface area contributed by atoms with Crippen LogP contribution in [0.1, 0.15) is 22.2 Å². The van der Waals surface area contributed by atoms with Crippen LogP contribution in [0, 0.1) is 6.92 Å². The molecule has 0 saturated heterocycles. The van der Waals surface area contributed by atoms with E-state index in [1.807, 2.05) is 24.3 Å². The SMILES string of the molecule is CC(=O)c1sc(-c2ccncc2)c(C)c1-c1ccncc1. The third-order valence-corrected chi connectivity index (χ3v) is 4.82. The summed E-state index contributed by atoms with van der Waals surface area (Å²) in [6.07, 6.45) is 7.05. The van der Waals surface area contributed by atoms with Gasteiger partial charge < -0.3 is 0 Å². The number of carbonyl (C=O) groups excluding carboxylic acids is 1. The summed E-state index contributed by atoms with van der Waals surface area (Å²) in [5.74, 6) is 0.0928. The molecular formula is C17H14N2OS. The average Bonchev–Trinajstić information content (AvgIpc) is 2.87. The highest BCUT2D eigenvalue weighted by Crippen LogP contribution is 2.41. The number of rotatable bonds is 3. The van der Waals surface area contributed by atoms with Crippen LogP contribution in [0.25, 0.3) is 21.6 Å². The molecule has 21 heavy (non-hydrogen) atoms. The molecule has 0 fully saturated rings. The predicted molar refractivity (Wildman–Crippen MR) is 85.5 cm³/mol. The molecule has 3 nitrogen and oxygen atoms in total. The van der Waals surface area contributed by atoms with Gasteiger partial charge in [-0.1, -0.05) is 0 Å². The molecule has 0 aliphatic rings. The summed E-state index contributed by atoms with van der Waals surface area (Å²) in [4.78, 5) is 22.0. The number of pyridine rings is 2. The molecule has 0 amide bonds. The zero-order valence-corrected chi connectivity index (χ0v) is 12.6. The molecule has 0 aromatic carbocycles. The Balaban J connectivity index is 2.25. The molecule has 3 aromatic rings. The molecular weight excluding hydrogens is 280 g/mol. The third-order valence-electron chi connectivity index (χ3n) is 3.38. The summed E-state index contributed by atoms with van der Waals surface area (Å²) in [6.45, 7) is 3.68. The van der Waals surface area contributed by atoms with E-state index in [9.17, 15) is 4.79 Å². The first-order valence-electron chi connectivity index (χ1n) is 6.63. The van der Waals surface area contributed by atoms with Crippen LogP contribution in [0.15, 0.2) is 49.1 Å². The van der Waals surface area contributed by atoms with Crippen molar-refractivity contribution in [1.82, 2.24) is 9.97 Å². The van der Waals surface area contributed by atoms with Gasteiger partial charge in [-0.15, -0.1) is 11.3 Å². The fourth-order valence-electron chi connectivity index (χ4n) is 2.41. The molecule has 3 heterocycles. The van der Waals surface area contributed by atoms with Crippen LogP contribution in [0.2, 0.25) is 0 Å². The number of nitrogens with zero attached hydrogens (tertiary/aromatic N) is 2. The Morgan fingerprint density at radius 3 is 2.00 bits per heavy atom. The van der Waals surface area contributed by atoms with Gasteiger partial charge in [0.15, 0.2) is 5.78 Å². The summed E-state index contributed by atoms with van der Waals surface area (Å²) in [7, 11) is 0. The molecule has 3 aromatic heterocycles. The number of thiophene rings is 1. The van der Waals surface area contributed by atoms with Gasteiger partial charge in [0, 0.05) is 35.2 Å². The van der Waals surface area contributed by atoms with Crippen LogP contribution in [0.3, 0.4) is 0 Å². The van der Waals surface area contributed by atoms with E-state index in [0.29, 0.717) is 0 Å². The number of hydrogen-bond donors (Lipinski definition) is 0. The Labute approximate surface area is 127 Å². The van der Waals surface area contributed by atoms with E-state index < -0.39 is 0 Å². The lowest BCUT2D eigenvalue weighted by molar-refractivity contribution is 0.102. The Kier molecular flexibility index (Phi) is 3.62. The zero-order chi connectivity index (χ0) is 14.8. The van der Waals surface area contributed by atoms with E-state index in [1.54, 1.807) is 43.0 Å². The van der Waals surface area contributed by atoms with E-state index >= 15 is 0 Å². The van der Waals surface area contributed by atoms with Crippen LogP contribution < -0.4 is 0 Å². The number of ketones is 1. The maximum absolute atomic E-state index is 12.0. The van der Waals surface area contributed by atoms with Crippen molar-refractivity contribution in [2.45, 2.75) is 13.8 Å². The van der Waals surface area contributed by atoms with E-state index in [0.717, 1.165) is 32.0 Å². The maximum atomic E-state index is 12.0. The molecule has 0 saturated carbocycles. The van der Waals surface area contributed by atoms with Crippen molar-refractivity contribution in [2.24, 2.45) is 0 Å². The molecule has 0 aliphatic carbocycles. The normalized spacial score (nSPS) is 10.6. The first-order valence-corrected chi connectivity index (χ1v) is 7.45. The first-order chi connectivity index (χ1) is 10.2. The molecule has 0 N–H and O–H groups in total. The Morgan fingerprint density at radius 2 is 1.48 bits per heavy atom. The molecule has 0 spiro atoms. The van der Waals surface area contributed by atoms with Crippen molar-refractivity contribution in [1.29, 1.82) is 0 Å². The quantitative estimate of drug-likeness (QED) is 0.673. The second kappa shape index (κ2) is 5.58. The van der Waals surface area contributed by atoms with Crippen molar-refractivity contribution in [3.8, 4) is 21.6 Å². The van der Waals surface area contributed by atoms with Gasteiger partial charge in [0.05, 0.1) is 4.88 Å². The van der Waals surface area contributed by atoms with E-state index in [2.05, 4.69) is 16.9 Å². The minimum Gasteiger partial charge on any atom is -0.294 e. The maximum Gasteiger partial charge on any atom is 0.170 e. The highest BCUT2D eigenvalue weighted by molar-refractivity contribution is 7.18. The van der Waals surface area contributed by atoms with Gasteiger partial charge in [0.25, 0.3) is 0 Å². The van der Waals surface area contributed by atoms with Gasteiger partial charge in [-0.2, -0.15) is 0 Å². The molecule has 4 heteroatoms. The second-order valence-electron chi connectivity index (χ2n) is 4.79. The zero-order valence-electron chi connectivity index (χ0n) is 11.8. The lowest BCUT2D eigenvalue weighted by Crippen LogP contribution is -1.91. The molecule has 3 rings (SSSR count). The second-order valence-corrected chi connectivity index (χ2v) is 5.81. The van der Waals surface area contributed by atoms with E-state index in [-0.39, 0.29) is 5.78 Å². The van der Waals surface area contributed by atoms with E-state index in [4.69, 9.17) is 0 Å². The first kappa shape index (κ1) is 13.6. The van der Waals surface area contributed by atoms with Crippen molar-refractivity contribution < 1.29 is 4.79 Å². The van der Waals surface area contributed by atoms with Gasteiger partial charge >= 0.3 is 0 Å². The number of aromatic nitrogens is 2. The van der Waals surface area contributed by atoms with Crippen LogP contribution in [0.5, 0.6) is 0 Å². The summed E-state index contributed by atoms with van der Waals surface area (Å²) >= 11 is 1.54. The number of Topliss-reactive ketones (excluding diaryl/α,β-unsaturated/α-hetero) is 1. The summed E-state index contributed by atoms with van der Waals surface area (Å²) in [6, 6.07) is 7.83. The van der Waals surface area contributed by atoms with E-state index in [1.165, 1.54) is 0 Å². The van der Waals surface area contributed by atoms with Gasteiger partial charge in [-0.3, -0.25) is 14.8 Å². The van der Waals surface area contributed by atoms with Crippen molar-refractivity contribution in [2.75, 3.05) is 0 Å². The van der Waals surface area contributed by atoms with Gasteiger partial charge in [-0.05, 0) is 54.8 Å². The minimum atomic E-state index is 0.0928. The monoisotopic (exact) mass is 294 g/mol. The highest BCUT2D eigenvalue weighted by atomic mass is 32.1. The lowest BCUT2D eigenvalue weighted by Gasteiger charge is -2.04. The van der Waals surface area contributed by atoms with Crippen LogP contribution in [-0.2, 0) is 0 Å². The Bertz CT molecular complexity index is 779. The summed E-state index contributed by atoms with van der Waals surface area (Å²) in [5.41, 5.74) is 4.27. The molecule has 0 aliphatic heterocycles. The summed E-state index contributed by atoms with van der Waals surface area (Å²) in [5, 5.41) is 0. The molecule has 0 bridgehead atoms. The van der Waals surface area contributed by atoms with Crippen molar-refractivity contribution in [3.63, 3.8) is 0 Å². The fraction of sp³-hybridized carbons (Fsp3) is 0.118. The van der Waals surface area contributed by atoms with Gasteiger partial charge in [-0.25, -0.2) is 0 Å². The van der Waals surface area contributed by atoms with Gasteiger partial charge in [0.1, 0.15) is 0 Å². The number of hydrogen-bond acceptors (Lipinski definition) is 4. The topological polar surface area (TPSA) is 42.9 Å².